The maximum Gasteiger partial charge on any atom is 0.295 e. The van der Waals surface area contributed by atoms with Crippen LogP contribution in [-0.2, 0) is 10.0 Å². The predicted molar refractivity (Wildman–Crippen MR) is 125 cm³/mol. The van der Waals surface area contributed by atoms with Gasteiger partial charge in [-0.3, -0.25) is 30.4 Å². The molecule has 0 saturated carbocycles. The second-order valence-corrected chi connectivity index (χ2v) is 8.91. The highest BCUT2D eigenvalue weighted by Crippen LogP contribution is 2.29. The van der Waals surface area contributed by atoms with Crippen LogP contribution in [0.4, 0.5) is 22.7 Å². The first-order valence-electron chi connectivity index (χ1n) is 8.86. The third-order valence-electron chi connectivity index (χ3n) is 4.14. The molecule has 0 bridgehead atoms. The summed E-state index contributed by atoms with van der Waals surface area (Å²) in [6.07, 6.45) is 1.19. The number of nitro groups is 2. The summed E-state index contributed by atoms with van der Waals surface area (Å²) >= 11 is 11.5. The lowest BCUT2D eigenvalue weighted by Gasteiger charge is -2.09. The monoisotopic (exact) mass is 509 g/mol. The lowest BCUT2D eigenvalue weighted by molar-refractivity contribution is -0.384. The van der Waals surface area contributed by atoms with Gasteiger partial charge in [0, 0.05) is 28.4 Å². The summed E-state index contributed by atoms with van der Waals surface area (Å²) in [6, 6.07) is 13.0. The molecular weight excluding hydrogens is 497 g/mol. The number of anilines is 2. The summed E-state index contributed by atoms with van der Waals surface area (Å²) in [5.41, 5.74) is 2.01. The molecule has 0 atom stereocenters. The van der Waals surface area contributed by atoms with Gasteiger partial charge in [-0.25, -0.2) is 8.42 Å². The van der Waals surface area contributed by atoms with E-state index < -0.39 is 25.6 Å². The first-order chi connectivity index (χ1) is 15.6. The van der Waals surface area contributed by atoms with Crippen LogP contribution in [0.15, 0.2) is 70.7 Å². The van der Waals surface area contributed by atoms with Gasteiger partial charge < -0.3 is 0 Å². The fourth-order valence-corrected chi connectivity index (χ4v) is 3.97. The lowest BCUT2D eigenvalue weighted by atomic mass is 10.2. The van der Waals surface area contributed by atoms with Gasteiger partial charge in [0.2, 0.25) is 0 Å². The summed E-state index contributed by atoms with van der Waals surface area (Å²) in [5.74, 6) is 0. The highest BCUT2D eigenvalue weighted by Gasteiger charge is 2.21. The molecule has 3 aromatic rings. The maximum absolute atomic E-state index is 12.6. The van der Waals surface area contributed by atoms with Gasteiger partial charge in [-0.15, -0.1) is 0 Å². The van der Waals surface area contributed by atoms with Crippen LogP contribution < -0.4 is 10.1 Å². The molecular formula is C19H13Cl2N5O6S. The van der Waals surface area contributed by atoms with Crippen molar-refractivity contribution in [1.82, 2.24) is 0 Å². The molecule has 0 aliphatic heterocycles. The number of nitrogens with one attached hydrogen (secondary N) is 2. The Morgan fingerprint density at radius 1 is 0.879 bits per heavy atom. The first kappa shape index (κ1) is 23.9. The predicted octanol–water partition coefficient (Wildman–Crippen LogP) is 5.06. The van der Waals surface area contributed by atoms with Crippen LogP contribution in [0.5, 0.6) is 0 Å². The number of benzene rings is 3. The molecule has 0 radical (unpaired) electrons. The maximum atomic E-state index is 12.6. The van der Waals surface area contributed by atoms with Crippen LogP contribution in [0.3, 0.4) is 0 Å². The van der Waals surface area contributed by atoms with Gasteiger partial charge in [0.25, 0.3) is 21.4 Å². The zero-order valence-corrected chi connectivity index (χ0v) is 18.6. The summed E-state index contributed by atoms with van der Waals surface area (Å²) in [4.78, 5) is 20.7. The van der Waals surface area contributed by atoms with Gasteiger partial charge in [-0.1, -0.05) is 29.3 Å². The first-order valence-corrected chi connectivity index (χ1v) is 11.1. The minimum Gasteiger partial charge on any atom is -0.280 e. The molecule has 3 rings (SSSR count). The van der Waals surface area contributed by atoms with Crippen molar-refractivity contribution in [3.8, 4) is 0 Å². The smallest absolute Gasteiger partial charge is 0.280 e. The molecule has 0 heterocycles. The quantitative estimate of drug-likeness (QED) is 0.244. The van der Waals surface area contributed by atoms with Crippen molar-refractivity contribution in [2.45, 2.75) is 4.90 Å². The van der Waals surface area contributed by atoms with Crippen molar-refractivity contribution in [3.63, 3.8) is 0 Å². The van der Waals surface area contributed by atoms with Crippen LogP contribution >= 0.6 is 23.2 Å². The SMILES string of the molecule is O=[N+]([O-])c1cc(C=NNc2ccc(S(=O)(=O)Nc3ccc(Cl)cc3)cc2[N+](=O)[O-])ccc1Cl. The molecule has 0 aliphatic rings. The van der Waals surface area contributed by atoms with Crippen LogP contribution in [0.2, 0.25) is 10.0 Å². The van der Waals surface area contributed by atoms with Crippen molar-refractivity contribution in [2.24, 2.45) is 5.10 Å². The molecule has 14 heteroatoms. The Hall–Kier alpha value is -3.74. The fraction of sp³-hybridized carbons (Fsp3) is 0. The van der Waals surface area contributed by atoms with Gasteiger partial charge in [-0.05, 0) is 42.5 Å². The molecule has 33 heavy (non-hydrogen) atoms. The number of sulfonamides is 1. The Kier molecular flexibility index (Phi) is 7.11. The third-order valence-corrected chi connectivity index (χ3v) is 6.09. The minimum atomic E-state index is -4.12. The van der Waals surface area contributed by atoms with E-state index in [4.69, 9.17) is 23.2 Å². The summed E-state index contributed by atoms with van der Waals surface area (Å²) in [7, 11) is -4.12. The molecule has 170 valence electrons. The highest BCUT2D eigenvalue weighted by atomic mass is 35.5. The molecule has 2 N–H and O–H groups in total. The average molecular weight is 510 g/mol. The summed E-state index contributed by atoms with van der Waals surface area (Å²) in [5, 5.41) is 26.6. The largest absolute Gasteiger partial charge is 0.295 e. The van der Waals surface area contributed by atoms with Crippen LogP contribution in [0, 0.1) is 20.2 Å². The topological polar surface area (TPSA) is 157 Å². The number of hydrazone groups is 1. The summed E-state index contributed by atoms with van der Waals surface area (Å²) < 4.78 is 27.5. The molecule has 0 amide bonds. The van der Waals surface area contributed by atoms with Crippen molar-refractivity contribution >= 4 is 62.2 Å². The molecule has 0 fully saturated rings. The molecule has 0 aliphatic carbocycles. The number of halogens is 2. The van der Waals surface area contributed by atoms with Crippen molar-refractivity contribution in [1.29, 1.82) is 0 Å². The Labute approximate surface area is 197 Å². The molecule has 0 saturated heterocycles. The Morgan fingerprint density at radius 2 is 1.55 bits per heavy atom. The second-order valence-electron chi connectivity index (χ2n) is 6.39. The van der Waals surface area contributed by atoms with E-state index in [0.717, 1.165) is 12.1 Å². The van der Waals surface area contributed by atoms with E-state index in [1.165, 1.54) is 54.7 Å². The van der Waals surface area contributed by atoms with E-state index >= 15 is 0 Å². The van der Waals surface area contributed by atoms with Crippen molar-refractivity contribution < 1.29 is 18.3 Å². The van der Waals surface area contributed by atoms with Crippen LogP contribution in [0.25, 0.3) is 0 Å². The third kappa shape index (κ3) is 5.94. The Balaban J connectivity index is 1.83. The fourth-order valence-electron chi connectivity index (χ4n) is 2.58. The standard InChI is InChI=1S/C19H13Cl2N5O6S/c20-13-2-4-14(5-3-13)24-33(31,32)15-6-8-17(19(10-15)26(29)30)23-22-11-12-1-7-16(21)18(9-12)25(27)28/h1-11,23-24H. The number of nitro benzene ring substituents is 2. The lowest BCUT2D eigenvalue weighted by Crippen LogP contribution is -2.13. The Bertz CT molecular complexity index is 1360. The molecule has 11 nitrogen and oxygen atoms in total. The van der Waals surface area contributed by atoms with E-state index in [-0.39, 0.29) is 27.0 Å². The molecule has 0 unspecified atom stereocenters. The van der Waals surface area contributed by atoms with Crippen LogP contribution in [-0.4, -0.2) is 24.5 Å². The van der Waals surface area contributed by atoms with E-state index in [0.29, 0.717) is 10.6 Å². The van der Waals surface area contributed by atoms with Crippen molar-refractivity contribution in [2.75, 3.05) is 10.1 Å². The number of hydrogen-bond donors (Lipinski definition) is 2. The molecule has 0 aromatic heterocycles. The summed E-state index contributed by atoms with van der Waals surface area (Å²) in [6.45, 7) is 0. The number of hydrogen-bond acceptors (Lipinski definition) is 8. The minimum absolute atomic E-state index is 0.0512. The second kappa shape index (κ2) is 9.81. The van der Waals surface area contributed by atoms with Crippen molar-refractivity contribution in [3.05, 3.63) is 96.5 Å². The zero-order valence-electron chi connectivity index (χ0n) is 16.3. The van der Waals surface area contributed by atoms with E-state index in [1.807, 2.05) is 0 Å². The molecule has 3 aromatic carbocycles. The normalized spacial score (nSPS) is 11.3. The number of rotatable bonds is 8. The van der Waals surface area contributed by atoms with Gasteiger partial charge in [0.1, 0.15) is 10.7 Å². The van der Waals surface area contributed by atoms with Gasteiger partial charge >= 0.3 is 0 Å². The molecule has 0 spiro atoms. The average Bonchev–Trinajstić information content (AvgIpc) is 2.76. The Morgan fingerprint density at radius 3 is 2.18 bits per heavy atom. The highest BCUT2D eigenvalue weighted by molar-refractivity contribution is 7.92. The van der Waals surface area contributed by atoms with Gasteiger partial charge in [0.05, 0.1) is 21.0 Å². The van der Waals surface area contributed by atoms with Crippen LogP contribution in [0.1, 0.15) is 5.56 Å². The van der Waals surface area contributed by atoms with Gasteiger partial charge in [0.15, 0.2) is 0 Å². The number of nitrogens with zero attached hydrogens (tertiary/aromatic N) is 3. The van der Waals surface area contributed by atoms with E-state index in [1.54, 1.807) is 0 Å². The van der Waals surface area contributed by atoms with E-state index in [2.05, 4.69) is 15.2 Å². The van der Waals surface area contributed by atoms with E-state index in [9.17, 15) is 28.6 Å². The van der Waals surface area contributed by atoms with Gasteiger partial charge in [-0.2, -0.15) is 5.10 Å². The zero-order chi connectivity index (χ0) is 24.2.